The van der Waals surface area contributed by atoms with Crippen LogP contribution in [0.4, 0.5) is 11.5 Å². The molecule has 0 radical (unpaired) electrons. The Kier molecular flexibility index (Phi) is 11.0. The summed E-state index contributed by atoms with van der Waals surface area (Å²) in [6.45, 7) is 3.75. The summed E-state index contributed by atoms with van der Waals surface area (Å²) >= 11 is 12.1. The molecule has 184 valence electrons. The minimum absolute atomic E-state index is 0.0686. The van der Waals surface area contributed by atoms with Gasteiger partial charge in [-0.05, 0) is 50.1 Å². The van der Waals surface area contributed by atoms with Gasteiger partial charge in [-0.25, -0.2) is 9.97 Å². The van der Waals surface area contributed by atoms with Crippen molar-refractivity contribution in [1.29, 1.82) is 0 Å². The molecule has 0 bridgehead atoms. The molecule has 1 atom stereocenters. The molecule has 1 aromatic heterocycles. The summed E-state index contributed by atoms with van der Waals surface area (Å²) in [5.74, 6) is 1.63. The number of nitrogens with zero attached hydrogens (tertiary/aromatic N) is 2. The average Bonchev–Trinajstić information content (AvgIpc) is 3.36. The fourth-order valence-corrected chi connectivity index (χ4v) is 4.00. The molecular weight excluding hydrogens is 475 g/mol. The molecule has 1 aliphatic rings. The Balaban J connectivity index is 1.74. The summed E-state index contributed by atoms with van der Waals surface area (Å²) in [5, 5.41) is 7.73. The molecule has 0 aliphatic heterocycles. The van der Waals surface area contributed by atoms with E-state index in [1.54, 1.807) is 43.6 Å². The zero-order valence-electron chi connectivity index (χ0n) is 19.6. The van der Waals surface area contributed by atoms with E-state index >= 15 is 0 Å². The summed E-state index contributed by atoms with van der Waals surface area (Å²) in [7, 11) is 1.59. The van der Waals surface area contributed by atoms with E-state index in [9.17, 15) is 0 Å². The van der Waals surface area contributed by atoms with Crippen LogP contribution < -0.4 is 20.1 Å². The zero-order chi connectivity index (χ0) is 24.2. The van der Waals surface area contributed by atoms with E-state index < -0.39 is 0 Å². The number of rotatable bonds is 11. The lowest BCUT2D eigenvalue weighted by Gasteiger charge is -2.21. The van der Waals surface area contributed by atoms with Crippen molar-refractivity contribution in [1.82, 2.24) is 15.3 Å². The number of benzene rings is 1. The minimum Gasteiger partial charge on any atom is -0.493 e. The van der Waals surface area contributed by atoms with Crippen LogP contribution in [0.15, 0.2) is 48.9 Å². The first-order chi connectivity index (χ1) is 16.6. The maximum atomic E-state index is 6.12. The van der Waals surface area contributed by atoms with Gasteiger partial charge in [-0.1, -0.05) is 36.0 Å². The molecule has 1 aromatic carbocycles. The number of hydrogen-bond acceptors (Lipinski definition) is 7. The molecule has 2 N–H and O–H groups in total. The van der Waals surface area contributed by atoms with Gasteiger partial charge >= 0.3 is 0 Å². The van der Waals surface area contributed by atoms with Crippen molar-refractivity contribution >= 4 is 34.7 Å². The molecule has 0 saturated heterocycles. The van der Waals surface area contributed by atoms with Gasteiger partial charge in [-0.15, -0.1) is 0 Å². The molecule has 3 rings (SSSR count). The highest BCUT2D eigenvalue weighted by atomic mass is 35.5. The number of nitrogens with one attached hydrogen (secondary N) is 2. The second-order valence-electron chi connectivity index (χ2n) is 7.89. The van der Waals surface area contributed by atoms with Crippen LogP contribution in [0, 0.1) is 0 Å². The molecular formula is C25H32Cl2N4O3. The van der Waals surface area contributed by atoms with Crippen LogP contribution in [0.1, 0.15) is 32.6 Å². The summed E-state index contributed by atoms with van der Waals surface area (Å²) in [6.07, 6.45) is 8.03. The van der Waals surface area contributed by atoms with Gasteiger partial charge in [-0.2, -0.15) is 0 Å². The number of hydrogen-bond donors (Lipinski definition) is 2. The molecule has 7 nitrogen and oxygen atoms in total. The van der Waals surface area contributed by atoms with E-state index in [2.05, 4.69) is 20.6 Å². The lowest BCUT2D eigenvalue weighted by molar-refractivity contribution is 0.0260. The van der Waals surface area contributed by atoms with Crippen molar-refractivity contribution in [3.8, 4) is 11.5 Å². The first-order valence-electron chi connectivity index (χ1n) is 11.5. The highest BCUT2D eigenvalue weighted by molar-refractivity contribution is 6.42. The molecule has 1 heterocycles. The van der Waals surface area contributed by atoms with Crippen molar-refractivity contribution in [2.75, 3.05) is 32.2 Å². The average molecular weight is 507 g/mol. The van der Waals surface area contributed by atoms with Gasteiger partial charge < -0.3 is 24.8 Å². The van der Waals surface area contributed by atoms with E-state index in [4.69, 9.17) is 37.4 Å². The summed E-state index contributed by atoms with van der Waals surface area (Å²) < 4.78 is 17.6. The number of halogens is 2. The number of aromatic nitrogens is 2. The molecule has 1 aliphatic carbocycles. The van der Waals surface area contributed by atoms with E-state index in [-0.39, 0.29) is 6.10 Å². The molecule has 0 amide bonds. The SMILES string of the molecule is CCOC(CNC1CCCC1)COc1ccncnc(Nc2ccc(Cl)c(Cl)c2)ccc1OC. The Bertz CT molecular complexity index is 972. The maximum Gasteiger partial charge on any atom is 0.162 e. The Hall–Kier alpha value is -2.32. The van der Waals surface area contributed by atoms with Crippen molar-refractivity contribution in [3.63, 3.8) is 0 Å². The van der Waals surface area contributed by atoms with Gasteiger partial charge in [0.1, 0.15) is 24.9 Å². The van der Waals surface area contributed by atoms with E-state index in [0.29, 0.717) is 46.6 Å². The predicted molar refractivity (Wildman–Crippen MR) is 137 cm³/mol. The second-order valence-corrected chi connectivity index (χ2v) is 8.71. The van der Waals surface area contributed by atoms with E-state index in [0.717, 1.165) is 12.2 Å². The van der Waals surface area contributed by atoms with Crippen LogP contribution in [0.2, 0.25) is 10.0 Å². The smallest absolute Gasteiger partial charge is 0.162 e. The van der Waals surface area contributed by atoms with Gasteiger partial charge in [0, 0.05) is 37.1 Å². The molecule has 34 heavy (non-hydrogen) atoms. The monoisotopic (exact) mass is 506 g/mol. The predicted octanol–water partition coefficient (Wildman–Crippen LogP) is 5.98. The van der Waals surface area contributed by atoms with E-state index in [1.165, 1.54) is 32.0 Å². The highest BCUT2D eigenvalue weighted by Gasteiger charge is 2.17. The van der Waals surface area contributed by atoms with Crippen LogP contribution in [0.3, 0.4) is 0 Å². The van der Waals surface area contributed by atoms with Crippen molar-refractivity contribution in [2.45, 2.75) is 44.8 Å². The van der Waals surface area contributed by atoms with Gasteiger partial charge in [0.15, 0.2) is 11.5 Å². The summed E-state index contributed by atoms with van der Waals surface area (Å²) in [6, 6.07) is 11.1. The molecule has 0 spiro atoms. The van der Waals surface area contributed by atoms with Gasteiger partial charge in [0.25, 0.3) is 0 Å². The highest BCUT2D eigenvalue weighted by Crippen LogP contribution is 2.28. The molecule has 9 heteroatoms. The normalized spacial score (nSPS) is 14.4. The fraction of sp³-hybridized carbons (Fsp3) is 0.440. The summed E-state index contributed by atoms with van der Waals surface area (Å²) in [5.41, 5.74) is 0.743. The Morgan fingerprint density at radius 1 is 1.06 bits per heavy atom. The van der Waals surface area contributed by atoms with Crippen LogP contribution in [-0.4, -0.2) is 49.0 Å². The Morgan fingerprint density at radius 3 is 2.62 bits per heavy atom. The zero-order valence-corrected chi connectivity index (χ0v) is 21.1. The first-order valence-corrected chi connectivity index (χ1v) is 12.3. The lowest BCUT2D eigenvalue weighted by Crippen LogP contribution is -2.38. The third-order valence-electron chi connectivity index (χ3n) is 5.44. The topological polar surface area (TPSA) is 77.5 Å². The number of ether oxygens (including phenoxy) is 3. The summed E-state index contributed by atoms with van der Waals surface area (Å²) in [4.78, 5) is 8.54. The second kappa shape index (κ2) is 14.2. The molecule has 1 fully saturated rings. The van der Waals surface area contributed by atoms with Crippen molar-refractivity contribution in [2.24, 2.45) is 0 Å². The fourth-order valence-electron chi connectivity index (χ4n) is 3.70. The Morgan fingerprint density at radius 2 is 1.88 bits per heavy atom. The van der Waals surface area contributed by atoms with Crippen LogP contribution in [0.25, 0.3) is 0 Å². The molecule has 2 aromatic rings. The minimum atomic E-state index is -0.0686. The van der Waals surface area contributed by atoms with Gasteiger partial charge in [-0.3, -0.25) is 0 Å². The third-order valence-corrected chi connectivity index (χ3v) is 6.18. The van der Waals surface area contributed by atoms with Gasteiger partial charge in [0.2, 0.25) is 0 Å². The number of methoxy groups -OCH3 is 1. The first kappa shape index (κ1) is 26.3. The molecule has 1 saturated carbocycles. The van der Waals surface area contributed by atoms with Crippen molar-refractivity contribution in [3.05, 3.63) is 59.0 Å². The van der Waals surface area contributed by atoms with Crippen molar-refractivity contribution < 1.29 is 14.2 Å². The quantitative estimate of drug-likeness (QED) is 0.388. The van der Waals surface area contributed by atoms with E-state index in [1.807, 2.05) is 13.0 Å². The van der Waals surface area contributed by atoms with Crippen LogP contribution >= 0.6 is 23.2 Å². The van der Waals surface area contributed by atoms with Crippen LogP contribution in [-0.2, 0) is 4.74 Å². The van der Waals surface area contributed by atoms with Crippen LogP contribution in [0.5, 0.6) is 11.5 Å². The third kappa shape index (κ3) is 8.47. The standard InChI is InChI=1S/C25H32Cl2N4O3/c1-3-33-20(15-29-18-6-4-5-7-18)16-34-24-12-13-28-17-30-25(11-10-23(24)32-2)31-19-8-9-21(26)22(27)14-19/h8-14,17-18,20,29H,3-7,15-16H2,1-2H3,(H,28,30,31). The van der Waals surface area contributed by atoms with Gasteiger partial charge in [0.05, 0.1) is 17.2 Å². The lowest BCUT2D eigenvalue weighted by atomic mass is 10.2. The Labute approximate surface area is 211 Å². The molecule has 1 unspecified atom stereocenters. The maximum absolute atomic E-state index is 6.12. The largest absolute Gasteiger partial charge is 0.493 e. The number of anilines is 2.